The van der Waals surface area contributed by atoms with Crippen LogP contribution in [0.25, 0.3) is 0 Å². The fourth-order valence-electron chi connectivity index (χ4n) is 3.05. The second kappa shape index (κ2) is 7.82. The molecule has 0 saturated heterocycles. The molecule has 0 bridgehead atoms. The molecule has 1 aliphatic heterocycles. The second-order valence-corrected chi connectivity index (χ2v) is 5.98. The SMILES string of the molecule is COc1ccccc1[C@@H]1CC(c2ccccc2)=NN1C(=O)CCC(=O)[O-]. The van der Waals surface area contributed by atoms with Crippen molar-refractivity contribution in [3.05, 3.63) is 65.7 Å². The number of methoxy groups -OCH3 is 1. The highest BCUT2D eigenvalue weighted by Crippen LogP contribution is 2.37. The number of benzene rings is 2. The topological polar surface area (TPSA) is 82.0 Å². The fraction of sp³-hybridized carbons (Fsp3) is 0.250. The van der Waals surface area contributed by atoms with Crippen LogP contribution in [0.1, 0.15) is 36.4 Å². The molecular weight excluding hydrogens is 332 g/mol. The number of carboxylic acids is 1. The molecule has 0 N–H and O–H groups in total. The van der Waals surface area contributed by atoms with Crippen molar-refractivity contribution in [1.82, 2.24) is 5.01 Å². The van der Waals surface area contributed by atoms with E-state index >= 15 is 0 Å². The maximum absolute atomic E-state index is 12.6. The summed E-state index contributed by atoms with van der Waals surface area (Å²) in [4.78, 5) is 23.3. The van der Waals surface area contributed by atoms with Gasteiger partial charge in [0.1, 0.15) is 5.75 Å². The third kappa shape index (κ3) is 3.74. The van der Waals surface area contributed by atoms with E-state index in [1.165, 1.54) is 5.01 Å². The molecule has 0 radical (unpaired) electrons. The minimum atomic E-state index is -1.25. The van der Waals surface area contributed by atoms with Gasteiger partial charge in [0.15, 0.2) is 0 Å². The average Bonchev–Trinajstić information content (AvgIpc) is 3.12. The van der Waals surface area contributed by atoms with Crippen molar-refractivity contribution in [3.8, 4) is 5.75 Å². The van der Waals surface area contributed by atoms with Crippen molar-refractivity contribution >= 4 is 17.6 Å². The van der Waals surface area contributed by atoms with Gasteiger partial charge in [-0.25, -0.2) is 5.01 Å². The Kier molecular flexibility index (Phi) is 5.31. The molecule has 1 heterocycles. The molecule has 3 rings (SSSR count). The molecular formula is C20H19N2O4-. The third-order valence-corrected chi connectivity index (χ3v) is 4.31. The number of carbonyl (C=O) groups is 2. The summed E-state index contributed by atoms with van der Waals surface area (Å²) >= 11 is 0. The number of nitrogens with zero attached hydrogens (tertiary/aromatic N) is 2. The Balaban J connectivity index is 1.94. The van der Waals surface area contributed by atoms with Gasteiger partial charge in [0, 0.05) is 24.4 Å². The highest BCUT2D eigenvalue weighted by molar-refractivity contribution is 6.03. The second-order valence-electron chi connectivity index (χ2n) is 5.98. The highest BCUT2D eigenvalue weighted by atomic mass is 16.5. The predicted molar refractivity (Wildman–Crippen MR) is 94.4 cm³/mol. The van der Waals surface area contributed by atoms with E-state index in [2.05, 4.69) is 5.10 Å². The first kappa shape index (κ1) is 17.7. The molecule has 26 heavy (non-hydrogen) atoms. The molecule has 0 aromatic heterocycles. The Bertz CT molecular complexity index is 833. The maximum atomic E-state index is 12.6. The van der Waals surface area contributed by atoms with Crippen molar-refractivity contribution in [2.45, 2.75) is 25.3 Å². The largest absolute Gasteiger partial charge is 0.550 e. The number of hydrazone groups is 1. The highest BCUT2D eigenvalue weighted by Gasteiger charge is 2.34. The Hall–Kier alpha value is -3.15. The number of carboxylic acid groups (broad SMARTS) is 1. The first-order valence-electron chi connectivity index (χ1n) is 8.38. The summed E-state index contributed by atoms with van der Waals surface area (Å²) in [6, 6.07) is 16.7. The van der Waals surface area contributed by atoms with E-state index in [1.807, 2.05) is 54.6 Å². The van der Waals surface area contributed by atoms with Crippen LogP contribution in [0, 0.1) is 0 Å². The van der Waals surface area contributed by atoms with Crippen LogP contribution in [0.4, 0.5) is 0 Å². The number of carbonyl (C=O) groups excluding carboxylic acids is 2. The van der Waals surface area contributed by atoms with E-state index in [9.17, 15) is 14.7 Å². The van der Waals surface area contributed by atoms with Crippen LogP contribution in [0.3, 0.4) is 0 Å². The molecule has 1 atom stereocenters. The Morgan fingerprint density at radius 3 is 2.50 bits per heavy atom. The molecule has 2 aromatic carbocycles. The summed E-state index contributed by atoms with van der Waals surface area (Å²) in [6.45, 7) is 0. The molecule has 0 fully saturated rings. The van der Waals surface area contributed by atoms with Crippen LogP contribution in [0.5, 0.6) is 5.75 Å². The molecule has 6 nitrogen and oxygen atoms in total. The lowest BCUT2D eigenvalue weighted by atomic mass is 9.97. The molecule has 0 aliphatic carbocycles. The fourth-order valence-corrected chi connectivity index (χ4v) is 3.05. The molecule has 6 heteroatoms. The van der Waals surface area contributed by atoms with Crippen LogP contribution in [0.2, 0.25) is 0 Å². The summed E-state index contributed by atoms with van der Waals surface area (Å²) in [6.07, 6.45) is 0.0468. The summed E-state index contributed by atoms with van der Waals surface area (Å²) in [7, 11) is 1.58. The van der Waals surface area contributed by atoms with E-state index in [0.717, 1.165) is 16.8 Å². The molecule has 0 spiro atoms. The predicted octanol–water partition coefficient (Wildman–Crippen LogP) is 1.90. The van der Waals surface area contributed by atoms with Crippen LogP contribution in [-0.4, -0.2) is 29.7 Å². The summed E-state index contributed by atoms with van der Waals surface area (Å²) < 4.78 is 5.43. The lowest BCUT2D eigenvalue weighted by molar-refractivity contribution is -0.305. The van der Waals surface area contributed by atoms with E-state index in [0.29, 0.717) is 12.2 Å². The van der Waals surface area contributed by atoms with Crippen molar-refractivity contribution < 1.29 is 19.4 Å². The number of para-hydroxylation sites is 1. The van der Waals surface area contributed by atoms with Gasteiger partial charge in [0.25, 0.3) is 0 Å². The number of hydrogen-bond acceptors (Lipinski definition) is 5. The first-order chi connectivity index (χ1) is 12.6. The quantitative estimate of drug-likeness (QED) is 0.796. The van der Waals surface area contributed by atoms with E-state index in [-0.39, 0.29) is 24.8 Å². The zero-order valence-corrected chi connectivity index (χ0v) is 14.4. The normalized spacial score (nSPS) is 16.3. The summed E-state index contributed by atoms with van der Waals surface area (Å²) in [5.74, 6) is -0.936. The first-order valence-corrected chi connectivity index (χ1v) is 8.38. The third-order valence-electron chi connectivity index (χ3n) is 4.31. The Morgan fingerprint density at radius 2 is 1.81 bits per heavy atom. The van der Waals surface area contributed by atoms with Crippen molar-refractivity contribution in [2.75, 3.05) is 7.11 Å². The molecule has 0 saturated carbocycles. The van der Waals surface area contributed by atoms with Gasteiger partial charge in [0.2, 0.25) is 5.91 Å². The number of ether oxygens (including phenoxy) is 1. The minimum absolute atomic E-state index is 0.153. The van der Waals surface area contributed by atoms with Crippen LogP contribution >= 0.6 is 0 Å². The summed E-state index contributed by atoms with van der Waals surface area (Å²) in [5.41, 5.74) is 2.55. The maximum Gasteiger partial charge on any atom is 0.243 e. The van der Waals surface area contributed by atoms with Crippen LogP contribution < -0.4 is 9.84 Å². The molecule has 1 aliphatic rings. The lowest BCUT2D eigenvalue weighted by Gasteiger charge is -2.23. The standard InChI is InChI=1S/C20H20N2O4/c1-26-18-10-6-5-9-15(18)17-13-16(14-7-3-2-4-8-14)21-22(17)19(23)11-12-20(24)25/h2-10,17H,11-13H2,1H3,(H,24,25)/p-1/t17-/m0/s1. The summed E-state index contributed by atoms with van der Waals surface area (Å²) in [5, 5.41) is 16.6. The van der Waals surface area contributed by atoms with Crippen molar-refractivity contribution in [2.24, 2.45) is 5.10 Å². The molecule has 134 valence electrons. The number of rotatable bonds is 6. The van der Waals surface area contributed by atoms with Crippen LogP contribution in [-0.2, 0) is 9.59 Å². The van der Waals surface area contributed by atoms with E-state index < -0.39 is 5.97 Å². The van der Waals surface area contributed by atoms with Gasteiger partial charge in [-0.1, -0.05) is 48.5 Å². The van der Waals surface area contributed by atoms with Gasteiger partial charge in [-0.15, -0.1) is 0 Å². The van der Waals surface area contributed by atoms with Gasteiger partial charge in [-0.05, 0) is 18.1 Å². The van der Waals surface area contributed by atoms with Gasteiger partial charge in [-0.2, -0.15) is 5.10 Å². The molecule has 2 aromatic rings. The van der Waals surface area contributed by atoms with Gasteiger partial charge in [0.05, 0.1) is 18.9 Å². The number of amides is 1. The molecule has 1 amide bonds. The van der Waals surface area contributed by atoms with Gasteiger partial charge >= 0.3 is 0 Å². The van der Waals surface area contributed by atoms with Crippen molar-refractivity contribution in [3.63, 3.8) is 0 Å². The van der Waals surface area contributed by atoms with Crippen molar-refractivity contribution in [1.29, 1.82) is 0 Å². The number of aliphatic carboxylic acids is 1. The van der Waals surface area contributed by atoms with E-state index in [4.69, 9.17) is 4.74 Å². The van der Waals surface area contributed by atoms with E-state index in [1.54, 1.807) is 7.11 Å². The smallest absolute Gasteiger partial charge is 0.243 e. The Morgan fingerprint density at radius 1 is 1.12 bits per heavy atom. The average molecular weight is 351 g/mol. The monoisotopic (exact) mass is 351 g/mol. The van der Waals surface area contributed by atoms with Gasteiger partial charge < -0.3 is 14.6 Å². The van der Waals surface area contributed by atoms with Gasteiger partial charge in [-0.3, -0.25) is 4.79 Å². The number of hydrogen-bond donors (Lipinski definition) is 0. The molecule has 0 unspecified atom stereocenters. The lowest BCUT2D eigenvalue weighted by Crippen LogP contribution is -2.30. The zero-order valence-electron chi connectivity index (χ0n) is 14.4. The van der Waals surface area contributed by atoms with Crippen LogP contribution in [0.15, 0.2) is 59.7 Å². The minimum Gasteiger partial charge on any atom is -0.550 e. The zero-order chi connectivity index (χ0) is 18.5. The Labute approximate surface area is 151 Å².